The van der Waals surface area contributed by atoms with Crippen LogP contribution in [-0.4, -0.2) is 17.9 Å². The van der Waals surface area contributed by atoms with Gasteiger partial charge in [-0.2, -0.15) is 13.2 Å². The van der Waals surface area contributed by atoms with Crippen molar-refractivity contribution >= 4 is 0 Å². The molecule has 1 unspecified atom stereocenters. The fourth-order valence-electron chi connectivity index (χ4n) is 1.21. The molecule has 0 fully saturated rings. The standard InChI is InChI=1S/C11H13F3O2/c1-3-16-9-6-4-8(5-7-9)10(2,15)11(12,13)14/h4-7,15H,3H2,1-2H3. The molecular weight excluding hydrogens is 221 g/mol. The maximum Gasteiger partial charge on any atom is 0.421 e. The topological polar surface area (TPSA) is 29.5 Å². The summed E-state index contributed by atoms with van der Waals surface area (Å²) in [6.07, 6.45) is -4.69. The van der Waals surface area contributed by atoms with E-state index >= 15 is 0 Å². The second-order valence-electron chi connectivity index (χ2n) is 3.53. The molecule has 0 aliphatic heterocycles. The second kappa shape index (κ2) is 4.33. The minimum absolute atomic E-state index is 0.205. The third-order valence-electron chi connectivity index (χ3n) is 2.28. The quantitative estimate of drug-likeness (QED) is 0.871. The van der Waals surface area contributed by atoms with E-state index in [-0.39, 0.29) is 5.56 Å². The highest BCUT2D eigenvalue weighted by Gasteiger charge is 2.51. The number of ether oxygens (including phenoxy) is 1. The summed E-state index contributed by atoms with van der Waals surface area (Å²) in [4.78, 5) is 0. The van der Waals surface area contributed by atoms with E-state index in [9.17, 15) is 18.3 Å². The third-order valence-corrected chi connectivity index (χ3v) is 2.28. The summed E-state index contributed by atoms with van der Waals surface area (Å²) >= 11 is 0. The molecule has 0 amide bonds. The summed E-state index contributed by atoms with van der Waals surface area (Å²) in [5.41, 5.74) is -3.04. The summed E-state index contributed by atoms with van der Waals surface area (Å²) in [6, 6.07) is 5.22. The average Bonchev–Trinajstić information content (AvgIpc) is 2.17. The molecular formula is C11H13F3O2. The summed E-state index contributed by atoms with van der Waals surface area (Å²) in [6.45, 7) is 2.94. The van der Waals surface area contributed by atoms with E-state index in [1.54, 1.807) is 6.92 Å². The van der Waals surface area contributed by atoms with E-state index < -0.39 is 11.8 Å². The minimum Gasteiger partial charge on any atom is -0.494 e. The van der Waals surface area contributed by atoms with Gasteiger partial charge in [0.15, 0.2) is 5.60 Å². The summed E-state index contributed by atoms with van der Waals surface area (Å²) < 4.78 is 42.6. The lowest BCUT2D eigenvalue weighted by Gasteiger charge is -2.26. The molecule has 90 valence electrons. The Hall–Kier alpha value is -1.23. The van der Waals surface area contributed by atoms with Gasteiger partial charge in [-0.05, 0) is 31.5 Å². The van der Waals surface area contributed by atoms with Crippen molar-refractivity contribution in [2.24, 2.45) is 0 Å². The molecule has 1 atom stereocenters. The largest absolute Gasteiger partial charge is 0.494 e. The van der Waals surface area contributed by atoms with Gasteiger partial charge in [-0.15, -0.1) is 0 Å². The zero-order chi connectivity index (χ0) is 12.4. The molecule has 0 saturated heterocycles. The Bertz CT molecular complexity index is 341. The van der Waals surface area contributed by atoms with Crippen molar-refractivity contribution < 1.29 is 23.0 Å². The van der Waals surface area contributed by atoms with Crippen molar-refractivity contribution in [3.63, 3.8) is 0 Å². The monoisotopic (exact) mass is 234 g/mol. The number of aliphatic hydroxyl groups is 1. The van der Waals surface area contributed by atoms with Gasteiger partial charge in [0.05, 0.1) is 6.61 Å². The van der Waals surface area contributed by atoms with Crippen molar-refractivity contribution in [1.29, 1.82) is 0 Å². The van der Waals surface area contributed by atoms with Gasteiger partial charge >= 0.3 is 6.18 Å². The van der Waals surface area contributed by atoms with Crippen LogP contribution in [0.5, 0.6) is 5.75 Å². The van der Waals surface area contributed by atoms with Crippen molar-refractivity contribution in [2.75, 3.05) is 6.61 Å². The van der Waals surface area contributed by atoms with Crippen LogP contribution in [0.4, 0.5) is 13.2 Å². The van der Waals surface area contributed by atoms with Crippen LogP contribution in [0.15, 0.2) is 24.3 Å². The minimum atomic E-state index is -4.69. The SMILES string of the molecule is CCOc1ccc(C(C)(O)C(F)(F)F)cc1. The van der Waals surface area contributed by atoms with E-state index in [4.69, 9.17) is 4.74 Å². The van der Waals surface area contributed by atoms with Crippen LogP contribution in [-0.2, 0) is 5.60 Å². The Balaban J connectivity index is 2.97. The number of rotatable bonds is 3. The molecule has 1 aromatic rings. The normalized spacial score (nSPS) is 15.6. The lowest BCUT2D eigenvalue weighted by molar-refractivity contribution is -0.258. The van der Waals surface area contributed by atoms with Crippen LogP contribution in [0.25, 0.3) is 0 Å². The van der Waals surface area contributed by atoms with Crippen LogP contribution in [0.3, 0.4) is 0 Å². The van der Waals surface area contributed by atoms with Crippen LogP contribution in [0.2, 0.25) is 0 Å². The van der Waals surface area contributed by atoms with Gasteiger partial charge in [0, 0.05) is 0 Å². The molecule has 1 aromatic carbocycles. The van der Waals surface area contributed by atoms with Crippen molar-refractivity contribution in [1.82, 2.24) is 0 Å². The molecule has 0 saturated carbocycles. The predicted octanol–water partition coefficient (Wildman–Crippen LogP) is 2.86. The Morgan fingerprint density at radius 3 is 2.06 bits per heavy atom. The highest BCUT2D eigenvalue weighted by atomic mass is 19.4. The van der Waals surface area contributed by atoms with Crippen LogP contribution in [0, 0.1) is 0 Å². The van der Waals surface area contributed by atoms with Gasteiger partial charge < -0.3 is 9.84 Å². The molecule has 0 aromatic heterocycles. The maximum atomic E-state index is 12.5. The lowest BCUT2D eigenvalue weighted by Crippen LogP contribution is -2.39. The molecule has 1 N–H and O–H groups in total. The highest BCUT2D eigenvalue weighted by Crippen LogP contribution is 2.38. The molecule has 1 rings (SSSR count). The molecule has 16 heavy (non-hydrogen) atoms. The third kappa shape index (κ3) is 2.47. The van der Waals surface area contributed by atoms with Gasteiger partial charge in [0.2, 0.25) is 0 Å². The van der Waals surface area contributed by atoms with E-state index in [1.165, 1.54) is 24.3 Å². The summed E-state index contributed by atoms with van der Waals surface area (Å²) in [5.74, 6) is 0.476. The lowest BCUT2D eigenvalue weighted by atomic mass is 9.95. The molecule has 0 radical (unpaired) electrons. The number of halogens is 3. The molecule has 0 heterocycles. The first-order chi connectivity index (χ1) is 7.29. The van der Waals surface area contributed by atoms with Crippen LogP contribution < -0.4 is 4.74 Å². The van der Waals surface area contributed by atoms with Gasteiger partial charge in [0.25, 0.3) is 0 Å². The van der Waals surface area contributed by atoms with Gasteiger partial charge in [-0.1, -0.05) is 12.1 Å². The number of alkyl halides is 3. The molecule has 0 bridgehead atoms. The van der Waals surface area contributed by atoms with Crippen molar-refractivity contribution in [3.8, 4) is 5.75 Å². The fourth-order valence-corrected chi connectivity index (χ4v) is 1.21. The average molecular weight is 234 g/mol. The molecule has 0 aliphatic rings. The molecule has 0 aliphatic carbocycles. The van der Waals surface area contributed by atoms with Crippen LogP contribution >= 0.6 is 0 Å². The first-order valence-corrected chi connectivity index (χ1v) is 4.81. The van der Waals surface area contributed by atoms with Crippen molar-refractivity contribution in [2.45, 2.75) is 25.6 Å². The number of hydrogen-bond donors (Lipinski definition) is 1. The molecule has 2 nitrogen and oxygen atoms in total. The van der Waals surface area contributed by atoms with Gasteiger partial charge in [-0.3, -0.25) is 0 Å². The van der Waals surface area contributed by atoms with Gasteiger partial charge in [-0.25, -0.2) is 0 Å². The first-order valence-electron chi connectivity index (χ1n) is 4.81. The Labute approximate surface area is 91.7 Å². The molecule has 5 heteroatoms. The van der Waals surface area contributed by atoms with E-state index in [1.807, 2.05) is 0 Å². The molecule has 0 spiro atoms. The zero-order valence-electron chi connectivity index (χ0n) is 9.01. The van der Waals surface area contributed by atoms with Crippen LogP contribution in [0.1, 0.15) is 19.4 Å². The summed E-state index contributed by atoms with van der Waals surface area (Å²) in [5, 5.41) is 9.38. The van der Waals surface area contributed by atoms with E-state index in [2.05, 4.69) is 0 Å². The van der Waals surface area contributed by atoms with E-state index in [0.29, 0.717) is 12.4 Å². The fraction of sp³-hybridized carbons (Fsp3) is 0.455. The number of benzene rings is 1. The summed E-state index contributed by atoms with van der Waals surface area (Å²) in [7, 11) is 0. The van der Waals surface area contributed by atoms with E-state index in [0.717, 1.165) is 6.92 Å². The number of hydrogen-bond acceptors (Lipinski definition) is 2. The van der Waals surface area contributed by atoms with Crippen molar-refractivity contribution in [3.05, 3.63) is 29.8 Å². The zero-order valence-corrected chi connectivity index (χ0v) is 9.01. The smallest absolute Gasteiger partial charge is 0.421 e. The maximum absolute atomic E-state index is 12.5. The Morgan fingerprint density at radius 2 is 1.69 bits per heavy atom. The second-order valence-corrected chi connectivity index (χ2v) is 3.53. The van der Waals surface area contributed by atoms with Gasteiger partial charge in [0.1, 0.15) is 5.75 Å². The highest BCUT2D eigenvalue weighted by molar-refractivity contribution is 5.31. The Morgan fingerprint density at radius 1 is 1.19 bits per heavy atom. The predicted molar refractivity (Wildman–Crippen MR) is 53.2 cm³/mol. The first kappa shape index (κ1) is 12.8. The Kier molecular flexibility index (Phi) is 3.48.